The van der Waals surface area contributed by atoms with Crippen molar-refractivity contribution in [3.05, 3.63) is 17.8 Å². The van der Waals surface area contributed by atoms with Gasteiger partial charge in [-0.25, -0.2) is 0 Å². The van der Waals surface area contributed by atoms with Crippen LogP contribution in [-0.4, -0.2) is 28.8 Å². The van der Waals surface area contributed by atoms with Crippen molar-refractivity contribution in [2.75, 3.05) is 11.4 Å². The molecular weight excluding hydrogens is 260 g/mol. The average Bonchev–Trinajstić information content (AvgIpc) is 2.53. The number of piperidine rings is 1. The Hall–Kier alpha value is -1.16. The van der Waals surface area contributed by atoms with Crippen molar-refractivity contribution >= 4 is 5.82 Å². The molecule has 116 valence electrons. The lowest BCUT2D eigenvalue weighted by Gasteiger charge is -2.44. The van der Waals surface area contributed by atoms with Gasteiger partial charge in [0.05, 0.1) is 5.69 Å². The van der Waals surface area contributed by atoms with Crippen LogP contribution in [0.25, 0.3) is 0 Å². The molecule has 0 radical (unpaired) electrons. The summed E-state index contributed by atoms with van der Waals surface area (Å²) < 4.78 is 0. The maximum Gasteiger partial charge on any atom is 0.151 e. The van der Waals surface area contributed by atoms with Crippen molar-refractivity contribution in [2.45, 2.75) is 71.0 Å². The monoisotopic (exact) mass is 288 g/mol. The van der Waals surface area contributed by atoms with Crippen molar-refractivity contribution in [1.29, 1.82) is 0 Å². The summed E-state index contributed by atoms with van der Waals surface area (Å²) in [7, 11) is 0. The average molecular weight is 288 g/mol. The van der Waals surface area contributed by atoms with Crippen LogP contribution in [0.3, 0.4) is 0 Å². The zero-order valence-corrected chi connectivity index (χ0v) is 13.4. The Kier molecular flexibility index (Phi) is 4.73. The normalized spacial score (nSPS) is 26.0. The van der Waals surface area contributed by atoms with Crippen molar-refractivity contribution in [1.82, 2.24) is 15.5 Å². The molecule has 1 saturated carbocycles. The van der Waals surface area contributed by atoms with Crippen LogP contribution in [0.2, 0.25) is 0 Å². The van der Waals surface area contributed by atoms with E-state index in [1.165, 1.54) is 38.5 Å². The lowest BCUT2D eigenvalue weighted by molar-refractivity contribution is 0.242. The number of fused-ring (bicyclic) bond motifs is 1. The highest BCUT2D eigenvalue weighted by atomic mass is 15.3. The van der Waals surface area contributed by atoms with Gasteiger partial charge in [-0.2, -0.15) is 5.10 Å². The first-order valence-corrected chi connectivity index (χ1v) is 8.56. The molecule has 2 atom stereocenters. The number of nitrogens with zero attached hydrogens (tertiary/aromatic N) is 3. The van der Waals surface area contributed by atoms with E-state index < -0.39 is 0 Å². The van der Waals surface area contributed by atoms with Gasteiger partial charge >= 0.3 is 0 Å². The van der Waals surface area contributed by atoms with Crippen LogP contribution in [0.4, 0.5) is 5.82 Å². The topological polar surface area (TPSA) is 41.0 Å². The quantitative estimate of drug-likeness (QED) is 0.924. The van der Waals surface area contributed by atoms with Gasteiger partial charge in [-0.15, -0.1) is 5.10 Å². The Morgan fingerprint density at radius 2 is 1.95 bits per heavy atom. The first-order chi connectivity index (χ1) is 10.2. The minimum Gasteiger partial charge on any atom is -0.352 e. The first kappa shape index (κ1) is 14.8. The molecule has 1 saturated heterocycles. The third-order valence-electron chi connectivity index (χ3n) is 4.93. The number of nitrogens with one attached hydrogen (secondary N) is 1. The molecule has 0 spiro atoms. The Morgan fingerprint density at radius 3 is 2.71 bits per heavy atom. The van der Waals surface area contributed by atoms with Crippen molar-refractivity contribution in [2.24, 2.45) is 5.92 Å². The molecule has 0 unspecified atom stereocenters. The summed E-state index contributed by atoms with van der Waals surface area (Å²) in [5, 5.41) is 12.3. The Bertz CT molecular complexity index is 441. The third-order valence-corrected chi connectivity index (χ3v) is 4.93. The van der Waals surface area contributed by atoms with Crippen LogP contribution in [-0.2, 0) is 6.54 Å². The van der Waals surface area contributed by atoms with Crippen LogP contribution in [0.5, 0.6) is 0 Å². The second kappa shape index (κ2) is 6.73. The first-order valence-electron chi connectivity index (χ1n) is 8.56. The summed E-state index contributed by atoms with van der Waals surface area (Å²) in [6.45, 7) is 6.26. The highest BCUT2D eigenvalue weighted by Crippen LogP contribution is 2.36. The van der Waals surface area contributed by atoms with Gasteiger partial charge in [0.2, 0.25) is 0 Å². The molecule has 0 amide bonds. The number of rotatable bonds is 4. The molecule has 4 heteroatoms. The Labute approximate surface area is 128 Å². The van der Waals surface area contributed by atoms with Gasteiger partial charge in [0.15, 0.2) is 5.82 Å². The van der Waals surface area contributed by atoms with E-state index in [9.17, 15) is 0 Å². The minimum atomic E-state index is 0.483. The fourth-order valence-electron chi connectivity index (χ4n) is 3.82. The van der Waals surface area contributed by atoms with Crippen LogP contribution in [0.15, 0.2) is 12.1 Å². The smallest absolute Gasteiger partial charge is 0.151 e. The van der Waals surface area contributed by atoms with E-state index in [2.05, 4.69) is 46.4 Å². The second-order valence-electron chi connectivity index (χ2n) is 6.87. The standard InChI is InChI=1S/C17H28N4/c1-13(2)18-12-15-9-10-17(20-19-15)21-11-5-7-14-6-3-4-8-16(14)21/h9-10,13-14,16,18H,3-8,11-12H2,1-2H3/t14-,16-/m1/s1. The molecule has 2 fully saturated rings. The van der Waals surface area contributed by atoms with Gasteiger partial charge < -0.3 is 10.2 Å². The molecule has 1 aromatic rings. The van der Waals surface area contributed by atoms with Gasteiger partial charge in [0.1, 0.15) is 0 Å². The highest BCUT2D eigenvalue weighted by molar-refractivity contribution is 5.40. The van der Waals surface area contributed by atoms with E-state index in [1.807, 2.05) is 0 Å². The molecule has 2 heterocycles. The summed E-state index contributed by atoms with van der Waals surface area (Å²) in [6, 6.07) is 5.49. The number of hydrogen-bond acceptors (Lipinski definition) is 4. The van der Waals surface area contributed by atoms with E-state index in [-0.39, 0.29) is 0 Å². The zero-order valence-electron chi connectivity index (χ0n) is 13.4. The lowest BCUT2D eigenvalue weighted by Crippen LogP contribution is -2.47. The summed E-state index contributed by atoms with van der Waals surface area (Å²) in [6.07, 6.45) is 8.25. The molecule has 1 N–H and O–H groups in total. The molecule has 1 aliphatic heterocycles. The predicted molar refractivity (Wildman–Crippen MR) is 86.3 cm³/mol. The fourth-order valence-corrected chi connectivity index (χ4v) is 3.82. The van der Waals surface area contributed by atoms with Gasteiger partial charge in [-0.05, 0) is 43.7 Å². The number of aromatic nitrogens is 2. The molecule has 0 bridgehead atoms. The van der Waals surface area contributed by atoms with Crippen LogP contribution >= 0.6 is 0 Å². The maximum absolute atomic E-state index is 4.51. The minimum absolute atomic E-state index is 0.483. The second-order valence-corrected chi connectivity index (χ2v) is 6.87. The van der Waals surface area contributed by atoms with E-state index in [0.29, 0.717) is 12.1 Å². The lowest BCUT2D eigenvalue weighted by atomic mass is 9.78. The van der Waals surface area contributed by atoms with E-state index >= 15 is 0 Å². The zero-order chi connectivity index (χ0) is 14.7. The van der Waals surface area contributed by atoms with Crippen molar-refractivity contribution < 1.29 is 0 Å². The molecule has 3 rings (SSSR count). The molecule has 0 aromatic carbocycles. The molecule has 21 heavy (non-hydrogen) atoms. The predicted octanol–water partition coefficient (Wildman–Crippen LogP) is 3.13. The van der Waals surface area contributed by atoms with Crippen molar-refractivity contribution in [3.63, 3.8) is 0 Å². The molecule has 1 aliphatic carbocycles. The van der Waals surface area contributed by atoms with Crippen LogP contribution < -0.4 is 10.2 Å². The molecule has 2 aliphatic rings. The van der Waals surface area contributed by atoms with E-state index in [4.69, 9.17) is 0 Å². The molecule has 4 nitrogen and oxygen atoms in total. The van der Waals surface area contributed by atoms with Crippen LogP contribution in [0, 0.1) is 5.92 Å². The Morgan fingerprint density at radius 1 is 1.14 bits per heavy atom. The van der Waals surface area contributed by atoms with E-state index in [0.717, 1.165) is 30.5 Å². The summed E-state index contributed by atoms with van der Waals surface area (Å²) in [5.41, 5.74) is 1.03. The van der Waals surface area contributed by atoms with Crippen molar-refractivity contribution in [3.8, 4) is 0 Å². The highest BCUT2D eigenvalue weighted by Gasteiger charge is 2.33. The SMILES string of the molecule is CC(C)NCc1ccc(N2CCC[C@H]3CCCC[C@H]32)nn1. The summed E-state index contributed by atoms with van der Waals surface area (Å²) in [5.74, 6) is 1.97. The van der Waals surface area contributed by atoms with Gasteiger partial charge in [0, 0.05) is 25.2 Å². The summed E-state index contributed by atoms with van der Waals surface area (Å²) >= 11 is 0. The van der Waals surface area contributed by atoms with Gasteiger partial charge in [-0.1, -0.05) is 26.7 Å². The fraction of sp³-hybridized carbons (Fsp3) is 0.765. The largest absolute Gasteiger partial charge is 0.352 e. The number of anilines is 1. The summed E-state index contributed by atoms with van der Waals surface area (Å²) in [4.78, 5) is 2.53. The molecular formula is C17H28N4. The van der Waals surface area contributed by atoms with E-state index in [1.54, 1.807) is 0 Å². The third kappa shape index (κ3) is 3.54. The Balaban J connectivity index is 1.67. The van der Waals surface area contributed by atoms with Crippen LogP contribution in [0.1, 0.15) is 58.1 Å². The number of hydrogen-bond donors (Lipinski definition) is 1. The van der Waals surface area contributed by atoms with Gasteiger partial charge in [-0.3, -0.25) is 0 Å². The van der Waals surface area contributed by atoms with Gasteiger partial charge in [0.25, 0.3) is 0 Å². The molecule has 1 aromatic heterocycles. The maximum atomic E-state index is 4.51.